The van der Waals surface area contributed by atoms with Gasteiger partial charge in [-0.05, 0) is 61.1 Å². The molecule has 3 fully saturated rings. The monoisotopic (exact) mass is 492 g/mol. The number of hydrogen-bond donors (Lipinski definition) is 1. The number of likely N-dealkylation sites (tertiary alicyclic amines) is 1. The number of amides is 3. The molecule has 36 heavy (non-hydrogen) atoms. The van der Waals surface area contributed by atoms with Crippen molar-refractivity contribution in [1.29, 1.82) is 0 Å². The Hall–Kier alpha value is -3.33. The summed E-state index contributed by atoms with van der Waals surface area (Å²) in [7, 11) is 0. The smallest absolute Gasteiger partial charge is 0.255 e. The molecule has 2 saturated heterocycles. The van der Waals surface area contributed by atoms with Gasteiger partial charge in [0.25, 0.3) is 5.91 Å². The highest BCUT2D eigenvalue weighted by molar-refractivity contribution is 6.05. The molecule has 6 rings (SSSR count). The zero-order valence-corrected chi connectivity index (χ0v) is 20.0. The van der Waals surface area contributed by atoms with Crippen LogP contribution in [0.5, 0.6) is 5.75 Å². The van der Waals surface area contributed by atoms with Crippen molar-refractivity contribution < 1.29 is 23.5 Å². The molecule has 1 aromatic heterocycles. The van der Waals surface area contributed by atoms with E-state index in [-0.39, 0.29) is 42.1 Å². The van der Waals surface area contributed by atoms with E-state index in [2.05, 4.69) is 15.2 Å². The van der Waals surface area contributed by atoms with Crippen molar-refractivity contribution in [3.05, 3.63) is 59.2 Å². The Morgan fingerprint density at radius 2 is 1.89 bits per heavy atom. The van der Waals surface area contributed by atoms with Gasteiger partial charge in [-0.1, -0.05) is 6.42 Å². The number of aromatic nitrogens is 1. The summed E-state index contributed by atoms with van der Waals surface area (Å²) in [5.41, 5.74) is 2.15. The zero-order chi connectivity index (χ0) is 24.8. The average Bonchev–Trinajstić information content (AvgIpc) is 3.16. The number of benzene rings is 1. The molecule has 4 heterocycles. The van der Waals surface area contributed by atoms with Crippen LogP contribution in [0.4, 0.5) is 4.39 Å². The second-order valence-corrected chi connectivity index (χ2v) is 10.3. The van der Waals surface area contributed by atoms with E-state index in [0.717, 1.165) is 55.6 Å². The van der Waals surface area contributed by atoms with Crippen LogP contribution in [-0.4, -0.2) is 63.8 Å². The second-order valence-electron chi connectivity index (χ2n) is 10.3. The Labute approximate surface area is 208 Å². The van der Waals surface area contributed by atoms with Crippen molar-refractivity contribution in [2.24, 2.45) is 0 Å². The fourth-order valence-electron chi connectivity index (χ4n) is 6.13. The van der Waals surface area contributed by atoms with Gasteiger partial charge in [0.15, 0.2) is 0 Å². The number of halogens is 1. The van der Waals surface area contributed by atoms with Crippen molar-refractivity contribution in [3.8, 4) is 5.75 Å². The summed E-state index contributed by atoms with van der Waals surface area (Å²) in [6.45, 7) is 1.95. The van der Waals surface area contributed by atoms with E-state index < -0.39 is 11.9 Å². The number of hydrogen-bond acceptors (Lipinski definition) is 6. The Morgan fingerprint density at radius 1 is 1.06 bits per heavy atom. The van der Waals surface area contributed by atoms with Crippen LogP contribution in [0.3, 0.4) is 0 Å². The Morgan fingerprint density at radius 3 is 2.69 bits per heavy atom. The summed E-state index contributed by atoms with van der Waals surface area (Å²) in [5.74, 6) is -0.221. The molecule has 4 aliphatic rings. The van der Waals surface area contributed by atoms with Crippen LogP contribution in [0.15, 0.2) is 36.7 Å². The molecule has 3 aliphatic heterocycles. The van der Waals surface area contributed by atoms with Crippen molar-refractivity contribution in [3.63, 3.8) is 0 Å². The summed E-state index contributed by atoms with van der Waals surface area (Å²) < 4.78 is 20.6. The first-order valence-electron chi connectivity index (χ1n) is 12.8. The average molecular weight is 493 g/mol. The summed E-state index contributed by atoms with van der Waals surface area (Å²) in [6, 6.07) is 6.95. The number of carbonyl (C=O) groups excluding carboxylic acids is 3. The molecule has 1 saturated carbocycles. The number of rotatable bonds is 5. The number of nitrogens with zero attached hydrogens (tertiary/aromatic N) is 3. The number of imide groups is 1. The number of fused-ring (bicyclic) bond motifs is 1. The molecule has 9 heteroatoms. The lowest BCUT2D eigenvalue weighted by atomic mass is 9.84. The van der Waals surface area contributed by atoms with Gasteiger partial charge >= 0.3 is 0 Å². The lowest BCUT2D eigenvalue weighted by molar-refractivity contribution is -0.136. The van der Waals surface area contributed by atoms with E-state index in [1.807, 2.05) is 12.1 Å². The van der Waals surface area contributed by atoms with Crippen molar-refractivity contribution in [2.45, 2.75) is 69.2 Å². The largest absolute Gasteiger partial charge is 0.489 e. The lowest BCUT2D eigenvalue weighted by Gasteiger charge is -2.48. The Balaban J connectivity index is 1.12. The summed E-state index contributed by atoms with van der Waals surface area (Å²) in [5, 5.41) is 2.34. The number of piperidine rings is 1. The van der Waals surface area contributed by atoms with Crippen molar-refractivity contribution in [1.82, 2.24) is 20.1 Å². The normalized spacial score (nSPS) is 27.0. The van der Waals surface area contributed by atoms with Gasteiger partial charge in [-0.3, -0.25) is 29.6 Å². The molecule has 0 radical (unpaired) electrons. The van der Waals surface area contributed by atoms with Gasteiger partial charge in [0, 0.05) is 49.8 Å². The molecule has 0 bridgehead atoms. The molecular weight excluding hydrogens is 463 g/mol. The zero-order valence-electron chi connectivity index (χ0n) is 20.0. The van der Waals surface area contributed by atoms with Gasteiger partial charge in [-0.25, -0.2) is 4.39 Å². The SMILES string of the molecule is O=C1CC[C@H](N2Cc3cc(O[C@@H]4CCCC[C@@H]4N4CC(c5ccncc5F)C4)ccc3C2=O)C(=O)N1. The highest BCUT2D eigenvalue weighted by Gasteiger charge is 2.41. The fourth-order valence-corrected chi connectivity index (χ4v) is 6.13. The van der Waals surface area contributed by atoms with Gasteiger partial charge < -0.3 is 9.64 Å². The maximum absolute atomic E-state index is 14.1. The van der Waals surface area contributed by atoms with Crippen molar-refractivity contribution in [2.75, 3.05) is 13.1 Å². The highest BCUT2D eigenvalue weighted by atomic mass is 19.1. The Bertz CT molecular complexity index is 1210. The topological polar surface area (TPSA) is 91.8 Å². The van der Waals surface area contributed by atoms with Crippen LogP contribution in [0.2, 0.25) is 0 Å². The van der Waals surface area contributed by atoms with Crippen LogP contribution < -0.4 is 10.1 Å². The third-order valence-corrected chi connectivity index (χ3v) is 8.07. The van der Waals surface area contributed by atoms with Crippen LogP contribution in [-0.2, 0) is 16.1 Å². The molecule has 8 nitrogen and oxygen atoms in total. The molecule has 2 aromatic rings. The molecule has 0 unspecified atom stereocenters. The number of pyridine rings is 1. The highest BCUT2D eigenvalue weighted by Crippen LogP contribution is 2.37. The first-order valence-corrected chi connectivity index (χ1v) is 12.8. The van der Waals surface area contributed by atoms with Gasteiger partial charge in [0.05, 0.1) is 6.20 Å². The maximum Gasteiger partial charge on any atom is 0.255 e. The molecular formula is C27H29FN4O4. The molecule has 188 valence electrons. The van der Waals surface area contributed by atoms with E-state index in [1.54, 1.807) is 23.2 Å². The molecule has 1 aromatic carbocycles. The van der Waals surface area contributed by atoms with Crippen LogP contribution in [0.1, 0.15) is 65.9 Å². The molecule has 1 N–H and O–H groups in total. The first kappa shape index (κ1) is 23.1. The van der Waals surface area contributed by atoms with E-state index >= 15 is 0 Å². The van der Waals surface area contributed by atoms with Crippen molar-refractivity contribution >= 4 is 17.7 Å². The number of nitrogens with one attached hydrogen (secondary N) is 1. The predicted octanol–water partition coefficient (Wildman–Crippen LogP) is 2.77. The maximum atomic E-state index is 14.1. The van der Waals surface area contributed by atoms with Crippen LogP contribution in [0.25, 0.3) is 0 Å². The van der Waals surface area contributed by atoms with E-state index in [4.69, 9.17) is 4.74 Å². The summed E-state index contributed by atoms with van der Waals surface area (Å²) >= 11 is 0. The summed E-state index contributed by atoms with van der Waals surface area (Å²) in [6.07, 6.45) is 7.79. The second kappa shape index (κ2) is 9.28. The fraction of sp³-hybridized carbons (Fsp3) is 0.481. The molecule has 0 spiro atoms. The van der Waals surface area contributed by atoms with Gasteiger partial charge in [0.1, 0.15) is 23.7 Å². The van der Waals surface area contributed by atoms with Gasteiger partial charge in [0.2, 0.25) is 11.8 Å². The predicted molar refractivity (Wildman–Crippen MR) is 128 cm³/mol. The van der Waals surface area contributed by atoms with E-state index in [1.165, 1.54) is 6.20 Å². The summed E-state index contributed by atoms with van der Waals surface area (Å²) in [4.78, 5) is 44.6. The molecule has 3 amide bonds. The van der Waals surface area contributed by atoms with E-state index in [0.29, 0.717) is 18.5 Å². The minimum Gasteiger partial charge on any atom is -0.489 e. The Kier molecular flexibility index (Phi) is 5.95. The number of carbonyl (C=O) groups is 3. The number of ether oxygens (including phenoxy) is 1. The van der Waals surface area contributed by atoms with Crippen LogP contribution >= 0.6 is 0 Å². The molecule has 3 atom stereocenters. The first-order chi connectivity index (χ1) is 17.5. The lowest BCUT2D eigenvalue weighted by Crippen LogP contribution is -2.57. The standard InChI is InChI=1S/C27H29FN4O4/c28-21-12-29-10-9-19(21)17-13-31(14-17)22-3-1-2-4-24(22)36-18-5-6-20-16(11-18)15-32(27(20)35)23-7-8-25(33)30-26(23)34/h5-6,9-12,17,22-24H,1-4,7-8,13-15H2,(H,30,33,34)/t22-,23-,24+/m0/s1. The van der Waals surface area contributed by atoms with E-state index in [9.17, 15) is 18.8 Å². The van der Waals surface area contributed by atoms with Crippen LogP contribution in [0, 0.1) is 5.82 Å². The van der Waals surface area contributed by atoms with Gasteiger partial charge in [-0.2, -0.15) is 0 Å². The third kappa shape index (κ3) is 4.15. The minimum absolute atomic E-state index is 0.0309. The third-order valence-electron chi connectivity index (χ3n) is 8.07. The molecule has 1 aliphatic carbocycles. The van der Waals surface area contributed by atoms with Gasteiger partial charge in [-0.15, -0.1) is 0 Å². The quantitative estimate of drug-likeness (QED) is 0.646. The minimum atomic E-state index is -0.626.